The van der Waals surface area contributed by atoms with Crippen LogP contribution in [0.5, 0.6) is 11.5 Å². The van der Waals surface area contributed by atoms with Crippen molar-refractivity contribution >= 4 is 10.2 Å². The van der Waals surface area contributed by atoms with E-state index >= 15 is 0 Å². The van der Waals surface area contributed by atoms with Crippen molar-refractivity contribution in [2.24, 2.45) is 5.92 Å². The summed E-state index contributed by atoms with van der Waals surface area (Å²) in [6, 6.07) is 5.48. The first-order valence-electron chi connectivity index (χ1n) is 7.81. The van der Waals surface area contributed by atoms with Crippen LogP contribution >= 0.6 is 0 Å². The number of nitrogens with zero attached hydrogens (tertiary/aromatic N) is 2. The first-order chi connectivity index (χ1) is 10.9. The molecule has 2 rings (SSSR count). The van der Waals surface area contributed by atoms with Gasteiger partial charge in [-0.25, -0.2) is 0 Å². The fourth-order valence-corrected chi connectivity index (χ4v) is 4.18. The van der Waals surface area contributed by atoms with E-state index < -0.39 is 10.2 Å². The Balaban J connectivity index is 2.16. The van der Waals surface area contributed by atoms with Gasteiger partial charge in [0, 0.05) is 32.2 Å². The van der Waals surface area contributed by atoms with E-state index in [9.17, 15) is 8.42 Å². The molecule has 1 aliphatic rings. The van der Waals surface area contributed by atoms with Crippen LogP contribution in [0.1, 0.15) is 25.3 Å². The second kappa shape index (κ2) is 7.51. The molecule has 6 nitrogen and oxygen atoms in total. The lowest BCUT2D eigenvalue weighted by molar-refractivity contribution is 0.268. The van der Waals surface area contributed by atoms with Gasteiger partial charge in [0.25, 0.3) is 10.2 Å². The van der Waals surface area contributed by atoms with Crippen LogP contribution in [0.3, 0.4) is 0 Å². The zero-order valence-electron chi connectivity index (χ0n) is 14.3. The van der Waals surface area contributed by atoms with Crippen molar-refractivity contribution in [1.29, 1.82) is 0 Å². The highest BCUT2D eigenvalue weighted by Crippen LogP contribution is 2.32. The smallest absolute Gasteiger partial charge is 0.282 e. The van der Waals surface area contributed by atoms with Crippen molar-refractivity contribution in [2.45, 2.75) is 26.3 Å². The van der Waals surface area contributed by atoms with Crippen molar-refractivity contribution in [3.8, 4) is 11.5 Å². The van der Waals surface area contributed by atoms with Gasteiger partial charge in [-0.1, -0.05) is 19.1 Å². The monoisotopic (exact) mass is 342 g/mol. The third-order valence-corrected chi connectivity index (χ3v) is 6.27. The van der Waals surface area contributed by atoms with Crippen LogP contribution in [0, 0.1) is 5.92 Å². The predicted octanol–water partition coefficient (Wildman–Crippen LogP) is 2.11. The standard InChI is InChI=1S/C16H26N2O4S/c1-13-8-10-18(11-9-13)23(19,20)17(2)12-14-6-5-7-15(21-3)16(14)22-4/h5-7,13H,8-12H2,1-4H3. The minimum absolute atomic E-state index is 0.245. The lowest BCUT2D eigenvalue weighted by atomic mass is 10.0. The number of rotatable bonds is 6. The molecule has 23 heavy (non-hydrogen) atoms. The second-order valence-electron chi connectivity index (χ2n) is 6.00. The van der Waals surface area contributed by atoms with Crippen LogP contribution in [0.15, 0.2) is 18.2 Å². The van der Waals surface area contributed by atoms with Crippen molar-refractivity contribution in [3.05, 3.63) is 23.8 Å². The fourth-order valence-electron chi connectivity index (χ4n) is 2.81. The molecule has 0 aromatic heterocycles. The van der Waals surface area contributed by atoms with Gasteiger partial charge in [-0.15, -0.1) is 0 Å². The zero-order chi connectivity index (χ0) is 17.0. The van der Waals surface area contributed by atoms with E-state index in [1.807, 2.05) is 12.1 Å². The third-order valence-electron chi connectivity index (χ3n) is 4.34. The molecule has 1 fully saturated rings. The minimum atomic E-state index is -3.46. The van der Waals surface area contributed by atoms with Gasteiger partial charge in [-0.2, -0.15) is 17.0 Å². The van der Waals surface area contributed by atoms with Gasteiger partial charge in [-0.3, -0.25) is 0 Å². The molecule has 1 saturated heterocycles. The summed E-state index contributed by atoms with van der Waals surface area (Å²) in [5.74, 6) is 1.76. The van der Waals surface area contributed by atoms with Crippen molar-refractivity contribution < 1.29 is 17.9 Å². The van der Waals surface area contributed by atoms with E-state index in [0.717, 1.165) is 18.4 Å². The minimum Gasteiger partial charge on any atom is -0.493 e. The van der Waals surface area contributed by atoms with Crippen LogP contribution in [0.2, 0.25) is 0 Å². The SMILES string of the molecule is COc1cccc(CN(C)S(=O)(=O)N2CCC(C)CC2)c1OC. The molecule has 1 aromatic rings. The summed E-state index contributed by atoms with van der Waals surface area (Å²) in [5, 5.41) is 0. The average Bonchev–Trinajstić information content (AvgIpc) is 2.54. The van der Waals surface area contributed by atoms with Gasteiger partial charge in [-0.05, 0) is 24.8 Å². The molecule has 0 unspecified atom stereocenters. The maximum Gasteiger partial charge on any atom is 0.282 e. The average molecular weight is 342 g/mol. The molecular formula is C16H26N2O4S. The van der Waals surface area contributed by atoms with E-state index in [0.29, 0.717) is 30.5 Å². The number of hydrogen-bond acceptors (Lipinski definition) is 4. The summed E-state index contributed by atoms with van der Waals surface area (Å²) < 4.78 is 39.1. The fraction of sp³-hybridized carbons (Fsp3) is 0.625. The number of benzene rings is 1. The number of piperidine rings is 1. The van der Waals surface area contributed by atoms with Crippen molar-refractivity contribution in [1.82, 2.24) is 8.61 Å². The number of para-hydroxylation sites is 1. The molecule has 0 radical (unpaired) electrons. The topological polar surface area (TPSA) is 59.1 Å². The van der Waals surface area contributed by atoms with Gasteiger partial charge in [0.15, 0.2) is 11.5 Å². The van der Waals surface area contributed by atoms with Crippen molar-refractivity contribution in [2.75, 3.05) is 34.4 Å². The summed E-state index contributed by atoms with van der Waals surface area (Å²) >= 11 is 0. The molecule has 1 heterocycles. The summed E-state index contributed by atoms with van der Waals surface area (Å²) in [4.78, 5) is 0. The summed E-state index contributed by atoms with van der Waals surface area (Å²) in [6.45, 7) is 3.58. The van der Waals surface area contributed by atoms with Gasteiger partial charge in [0.05, 0.1) is 14.2 Å². The lowest BCUT2D eigenvalue weighted by Crippen LogP contribution is -2.45. The van der Waals surface area contributed by atoms with Gasteiger partial charge in [0.1, 0.15) is 0 Å². The molecule has 0 N–H and O–H groups in total. The molecule has 1 aliphatic heterocycles. The quantitative estimate of drug-likeness (QED) is 0.794. The first-order valence-corrected chi connectivity index (χ1v) is 9.21. The largest absolute Gasteiger partial charge is 0.493 e. The number of methoxy groups -OCH3 is 2. The van der Waals surface area contributed by atoms with E-state index in [1.54, 1.807) is 31.6 Å². The molecule has 0 spiro atoms. The molecule has 1 aromatic carbocycles. The highest BCUT2D eigenvalue weighted by atomic mass is 32.2. The number of hydrogen-bond donors (Lipinski definition) is 0. The van der Waals surface area contributed by atoms with Gasteiger partial charge < -0.3 is 9.47 Å². The molecule has 130 valence electrons. The van der Waals surface area contributed by atoms with E-state index in [4.69, 9.17) is 9.47 Å². The maximum absolute atomic E-state index is 12.7. The van der Waals surface area contributed by atoms with Gasteiger partial charge >= 0.3 is 0 Å². The Kier molecular flexibility index (Phi) is 5.89. The first kappa shape index (κ1) is 18.0. The van der Waals surface area contributed by atoms with E-state index in [-0.39, 0.29) is 6.54 Å². The second-order valence-corrected chi connectivity index (χ2v) is 8.03. The van der Waals surface area contributed by atoms with Crippen LogP contribution in [-0.2, 0) is 16.8 Å². The molecular weight excluding hydrogens is 316 g/mol. The van der Waals surface area contributed by atoms with Crippen LogP contribution in [-0.4, -0.2) is 51.4 Å². The Labute approximate surface area is 139 Å². The highest BCUT2D eigenvalue weighted by Gasteiger charge is 2.30. The van der Waals surface area contributed by atoms with Gasteiger partial charge in [0.2, 0.25) is 0 Å². The zero-order valence-corrected chi connectivity index (χ0v) is 15.1. The van der Waals surface area contributed by atoms with E-state index in [2.05, 4.69) is 6.92 Å². The Morgan fingerprint density at radius 2 is 1.87 bits per heavy atom. The van der Waals surface area contributed by atoms with Crippen molar-refractivity contribution in [3.63, 3.8) is 0 Å². The molecule has 0 atom stereocenters. The van der Waals surface area contributed by atoms with E-state index in [1.165, 1.54) is 4.31 Å². The molecule has 0 bridgehead atoms. The maximum atomic E-state index is 12.7. The lowest BCUT2D eigenvalue weighted by Gasteiger charge is -2.32. The Bertz CT molecular complexity index is 625. The normalized spacial score (nSPS) is 17.4. The Morgan fingerprint density at radius 3 is 2.43 bits per heavy atom. The van der Waals surface area contributed by atoms with Crippen LogP contribution < -0.4 is 9.47 Å². The summed E-state index contributed by atoms with van der Waals surface area (Å²) in [7, 11) is 1.27. The Hall–Kier alpha value is -1.31. The number of ether oxygens (including phenoxy) is 2. The third kappa shape index (κ3) is 3.97. The molecule has 7 heteroatoms. The Morgan fingerprint density at radius 1 is 1.22 bits per heavy atom. The molecule has 0 amide bonds. The molecule has 0 saturated carbocycles. The van der Waals surface area contributed by atoms with Crippen LogP contribution in [0.25, 0.3) is 0 Å². The highest BCUT2D eigenvalue weighted by molar-refractivity contribution is 7.86. The predicted molar refractivity (Wildman–Crippen MR) is 89.9 cm³/mol. The summed E-state index contributed by atoms with van der Waals surface area (Å²) in [6.07, 6.45) is 1.82. The molecule has 0 aliphatic carbocycles. The summed E-state index contributed by atoms with van der Waals surface area (Å²) in [5.41, 5.74) is 0.781. The van der Waals surface area contributed by atoms with Crippen LogP contribution in [0.4, 0.5) is 0 Å².